The Hall–Kier alpha value is -0.690. The summed E-state index contributed by atoms with van der Waals surface area (Å²) < 4.78 is 1.13. The van der Waals surface area contributed by atoms with Crippen LogP contribution in [0.5, 0.6) is 0 Å². The van der Waals surface area contributed by atoms with Gasteiger partial charge in [-0.15, -0.1) is 11.3 Å². The van der Waals surface area contributed by atoms with Crippen molar-refractivity contribution in [1.29, 1.82) is 0 Å². The van der Waals surface area contributed by atoms with Gasteiger partial charge in [0.2, 0.25) is 0 Å². The quantitative estimate of drug-likeness (QED) is 0.695. The molecule has 0 aromatic carbocycles. The van der Waals surface area contributed by atoms with E-state index in [1.54, 1.807) is 11.3 Å². The molecule has 0 radical (unpaired) electrons. The fourth-order valence-electron chi connectivity index (χ4n) is 2.01. The van der Waals surface area contributed by atoms with Gasteiger partial charge in [-0.3, -0.25) is 0 Å². The molecule has 114 valence electrons. The largest absolute Gasteiger partial charge is 0.369 e. The lowest BCUT2D eigenvalue weighted by molar-refractivity contribution is 0.564. The number of hydrogen-bond donors (Lipinski definition) is 1. The van der Waals surface area contributed by atoms with Crippen LogP contribution >= 0.6 is 33.9 Å². The number of hydrogen-bond acceptors (Lipinski definition) is 4. The van der Waals surface area contributed by atoms with Crippen LogP contribution in [0.2, 0.25) is 0 Å². The van der Waals surface area contributed by atoms with Crippen LogP contribution in [0.15, 0.2) is 11.4 Å². The third-order valence-electron chi connectivity index (χ3n) is 3.17. The molecule has 0 aliphatic carbocycles. The normalized spacial score (nSPS) is 11.7. The van der Waals surface area contributed by atoms with Gasteiger partial charge in [0.15, 0.2) is 5.82 Å². The van der Waals surface area contributed by atoms with Crippen LogP contribution in [0.3, 0.4) is 0 Å². The lowest BCUT2D eigenvalue weighted by atomic mass is 9.92. The highest BCUT2D eigenvalue weighted by Gasteiger charge is 2.24. The Kier molecular flexibility index (Phi) is 5.24. The Morgan fingerprint density at radius 2 is 2.00 bits per heavy atom. The van der Waals surface area contributed by atoms with Gasteiger partial charge in [0.1, 0.15) is 5.82 Å². The summed E-state index contributed by atoms with van der Waals surface area (Å²) in [4.78, 5) is 10.8. The molecule has 0 aliphatic rings. The zero-order valence-electron chi connectivity index (χ0n) is 13.2. The van der Waals surface area contributed by atoms with E-state index < -0.39 is 0 Å². The number of aromatic nitrogens is 2. The molecule has 0 bridgehead atoms. The fourth-order valence-corrected chi connectivity index (χ4v) is 4.11. The predicted molar refractivity (Wildman–Crippen MR) is 100 cm³/mol. The standard InChI is InChI=1S/C16H22IN3S/c1-6-8-18-14-11(17)13(16(3,4)5)19-15(20-14)12-10(2)7-9-21-12/h7,9H,6,8H2,1-5H3,(H,18,19,20). The van der Waals surface area contributed by atoms with Gasteiger partial charge in [0.05, 0.1) is 14.1 Å². The summed E-state index contributed by atoms with van der Waals surface area (Å²) in [5, 5.41) is 5.54. The topological polar surface area (TPSA) is 37.8 Å². The second-order valence-electron chi connectivity index (χ2n) is 6.17. The Morgan fingerprint density at radius 3 is 2.52 bits per heavy atom. The number of nitrogens with one attached hydrogen (secondary N) is 1. The molecular weight excluding hydrogens is 393 g/mol. The minimum absolute atomic E-state index is 0.00201. The van der Waals surface area contributed by atoms with Crippen molar-refractivity contribution in [3.63, 3.8) is 0 Å². The first-order chi connectivity index (χ1) is 9.84. The van der Waals surface area contributed by atoms with Crippen molar-refractivity contribution in [2.24, 2.45) is 0 Å². The second kappa shape index (κ2) is 6.60. The molecule has 5 heteroatoms. The highest BCUT2D eigenvalue weighted by atomic mass is 127. The van der Waals surface area contributed by atoms with Crippen molar-refractivity contribution in [1.82, 2.24) is 9.97 Å². The van der Waals surface area contributed by atoms with Gasteiger partial charge in [-0.25, -0.2) is 9.97 Å². The molecule has 2 heterocycles. The summed E-state index contributed by atoms with van der Waals surface area (Å²) in [5.74, 6) is 1.80. The minimum atomic E-state index is 0.00201. The molecule has 0 unspecified atom stereocenters. The number of anilines is 1. The summed E-state index contributed by atoms with van der Waals surface area (Å²) >= 11 is 4.07. The number of rotatable bonds is 4. The van der Waals surface area contributed by atoms with Crippen LogP contribution in [0, 0.1) is 10.5 Å². The maximum atomic E-state index is 4.87. The second-order valence-corrected chi connectivity index (χ2v) is 8.16. The molecular formula is C16H22IN3S. The first-order valence-corrected chi connectivity index (χ1v) is 9.16. The Morgan fingerprint density at radius 1 is 1.29 bits per heavy atom. The molecule has 21 heavy (non-hydrogen) atoms. The zero-order valence-corrected chi connectivity index (χ0v) is 16.2. The van der Waals surface area contributed by atoms with Crippen LogP contribution in [0.25, 0.3) is 10.7 Å². The summed E-state index contributed by atoms with van der Waals surface area (Å²) in [7, 11) is 0. The summed E-state index contributed by atoms with van der Waals surface area (Å²) in [6, 6.07) is 2.12. The number of aryl methyl sites for hydroxylation is 1. The van der Waals surface area contributed by atoms with E-state index in [0.717, 1.165) is 38.7 Å². The molecule has 1 N–H and O–H groups in total. The molecule has 0 aliphatic heterocycles. The van der Waals surface area contributed by atoms with E-state index in [-0.39, 0.29) is 5.41 Å². The number of thiophene rings is 1. The summed E-state index contributed by atoms with van der Waals surface area (Å²) in [5.41, 5.74) is 2.35. The molecule has 0 atom stereocenters. The number of nitrogens with zero attached hydrogens (tertiary/aromatic N) is 2. The van der Waals surface area contributed by atoms with Crippen molar-refractivity contribution >= 4 is 39.7 Å². The Bertz CT molecular complexity index is 629. The van der Waals surface area contributed by atoms with E-state index in [1.165, 1.54) is 5.56 Å². The van der Waals surface area contributed by atoms with Crippen molar-refractivity contribution in [3.8, 4) is 10.7 Å². The molecule has 2 aromatic heterocycles. The van der Waals surface area contributed by atoms with Crippen LogP contribution < -0.4 is 5.32 Å². The van der Waals surface area contributed by atoms with Gasteiger partial charge in [-0.1, -0.05) is 27.7 Å². The molecule has 2 aromatic rings. The van der Waals surface area contributed by atoms with Gasteiger partial charge < -0.3 is 5.32 Å². The third-order valence-corrected chi connectivity index (χ3v) is 5.20. The predicted octanol–water partition coefficient (Wildman–Crippen LogP) is 5.24. The lowest BCUT2D eigenvalue weighted by Crippen LogP contribution is -2.19. The van der Waals surface area contributed by atoms with Gasteiger partial charge in [-0.05, 0) is 52.9 Å². The van der Waals surface area contributed by atoms with E-state index >= 15 is 0 Å². The minimum Gasteiger partial charge on any atom is -0.369 e. The van der Waals surface area contributed by atoms with Crippen LogP contribution in [0.4, 0.5) is 5.82 Å². The van der Waals surface area contributed by atoms with Crippen molar-refractivity contribution in [2.45, 2.75) is 46.5 Å². The Labute approximate surface area is 144 Å². The third kappa shape index (κ3) is 3.74. The van der Waals surface area contributed by atoms with Crippen molar-refractivity contribution in [2.75, 3.05) is 11.9 Å². The average molecular weight is 415 g/mol. The zero-order chi connectivity index (χ0) is 15.6. The van der Waals surface area contributed by atoms with Crippen LogP contribution in [-0.2, 0) is 5.41 Å². The maximum absolute atomic E-state index is 4.87. The van der Waals surface area contributed by atoms with Gasteiger partial charge >= 0.3 is 0 Å². The fraction of sp³-hybridized carbons (Fsp3) is 0.500. The lowest BCUT2D eigenvalue weighted by Gasteiger charge is -2.22. The maximum Gasteiger partial charge on any atom is 0.172 e. The molecule has 0 saturated heterocycles. The summed E-state index contributed by atoms with van der Waals surface area (Å²) in [6.45, 7) is 11.8. The first-order valence-electron chi connectivity index (χ1n) is 7.21. The first kappa shape index (κ1) is 16.7. The smallest absolute Gasteiger partial charge is 0.172 e. The average Bonchev–Trinajstić information content (AvgIpc) is 2.82. The summed E-state index contributed by atoms with van der Waals surface area (Å²) in [6.07, 6.45) is 1.08. The van der Waals surface area contributed by atoms with Gasteiger partial charge in [0, 0.05) is 12.0 Å². The van der Waals surface area contributed by atoms with E-state index in [9.17, 15) is 0 Å². The van der Waals surface area contributed by atoms with Gasteiger partial charge in [0.25, 0.3) is 0 Å². The van der Waals surface area contributed by atoms with E-state index in [2.05, 4.69) is 74.0 Å². The molecule has 0 saturated carbocycles. The molecule has 0 amide bonds. The van der Waals surface area contributed by atoms with Crippen molar-refractivity contribution < 1.29 is 0 Å². The Balaban J connectivity index is 2.59. The monoisotopic (exact) mass is 415 g/mol. The van der Waals surface area contributed by atoms with E-state index in [1.807, 2.05) is 0 Å². The van der Waals surface area contributed by atoms with Crippen LogP contribution in [0.1, 0.15) is 45.4 Å². The van der Waals surface area contributed by atoms with Crippen LogP contribution in [-0.4, -0.2) is 16.5 Å². The van der Waals surface area contributed by atoms with E-state index in [4.69, 9.17) is 9.97 Å². The van der Waals surface area contributed by atoms with Crippen molar-refractivity contribution in [3.05, 3.63) is 26.3 Å². The highest BCUT2D eigenvalue weighted by Crippen LogP contribution is 2.34. The molecule has 3 nitrogen and oxygen atoms in total. The van der Waals surface area contributed by atoms with Gasteiger partial charge in [-0.2, -0.15) is 0 Å². The SMILES string of the molecule is CCCNc1nc(-c2sccc2C)nc(C(C)(C)C)c1I. The highest BCUT2D eigenvalue weighted by molar-refractivity contribution is 14.1. The molecule has 0 fully saturated rings. The molecule has 0 spiro atoms. The molecule has 2 rings (SSSR count). The van der Waals surface area contributed by atoms with E-state index in [0.29, 0.717) is 0 Å². The number of halogens is 1.